The van der Waals surface area contributed by atoms with Crippen molar-refractivity contribution in [1.82, 2.24) is 0 Å². The van der Waals surface area contributed by atoms with Crippen molar-refractivity contribution in [3.63, 3.8) is 0 Å². The molecule has 0 aromatic carbocycles. The number of halogens is 1. The smallest absolute Gasteiger partial charge is 0.324 e. The Balaban J connectivity index is 3.01. The first-order valence-corrected chi connectivity index (χ1v) is 12.1. The predicted octanol–water partition coefficient (Wildman–Crippen LogP) is 6.41. The van der Waals surface area contributed by atoms with E-state index in [1.807, 2.05) is 0 Å². The molecule has 0 saturated heterocycles. The second-order valence-corrected chi connectivity index (χ2v) is 8.95. The largest absolute Gasteiger partial charge is 0.325 e. The molecule has 0 atom stereocenters. The van der Waals surface area contributed by atoms with E-state index in [9.17, 15) is 4.57 Å². The van der Waals surface area contributed by atoms with Crippen LogP contribution in [0.15, 0.2) is 0 Å². The van der Waals surface area contributed by atoms with Gasteiger partial charge in [-0.1, -0.05) is 99.4 Å². The molecule has 3 nitrogen and oxygen atoms in total. The van der Waals surface area contributed by atoms with Gasteiger partial charge in [-0.15, -0.1) is 0 Å². The molecule has 22 heavy (non-hydrogen) atoms. The summed E-state index contributed by atoms with van der Waals surface area (Å²) in [5, 5.41) is 1.15. The lowest BCUT2D eigenvalue weighted by Gasteiger charge is -2.04. The summed E-state index contributed by atoms with van der Waals surface area (Å²) >= 11 is 3.47. The molecule has 0 aliphatic heterocycles. The Bertz CT molecular complexity index is 269. The molecule has 0 spiro atoms. The van der Waals surface area contributed by atoms with Gasteiger partial charge in [0.05, 0.1) is 0 Å². The van der Waals surface area contributed by atoms with Gasteiger partial charge in [0.15, 0.2) is 0 Å². The maximum absolute atomic E-state index is 10.7. The molecule has 134 valence electrons. The van der Waals surface area contributed by atoms with Crippen molar-refractivity contribution >= 4 is 23.5 Å². The topological polar surface area (TPSA) is 57.5 Å². The van der Waals surface area contributed by atoms with E-state index in [0.717, 1.165) is 18.2 Å². The van der Waals surface area contributed by atoms with Crippen molar-refractivity contribution in [3.05, 3.63) is 0 Å². The van der Waals surface area contributed by atoms with Gasteiger partial charge in [-0.05, 0) is 12.8 Å². The van der Waals surface area contributed by atoms with Crippen LogP contribution in [-0.2, 0) is 4.57 Å². The van der Waals surface area contributed by atoms with Gasteiger partial charge in [0, 0.05) is 11.5 Å². The van der Waals surface area contributed by atoms with Crippen LogP contribution in [0, 0.1) is 0 Å². The van der Waals surface area contributed by atoms with E-state index in [-0.39, 0.29) is 6.16 Å². The third-order valence-corrected chi connectivity index (χ3v) is 5.54. The van der Waals surface area contributed by atoms with Crippen LogP contribution in [0.2, 0.25) is 0 Å². The molecule has 0 rings (SSSR count). The Labute approximate surface area is 145 Å². The van der Waals surface area contributed by atoms with E-state index in [2.05, 4.69) is 15.9 Å². The summed E-state index contributed by atoms with van der Waals surface area (Å²) in [5.41, 5.74) is 0. The van der Waals surface area contributed by atoms with Crippen molar-refractivity contribution in [2.45, 2.75) is 96.3 Å². The van der Waals surface area contributed by atoms with Gasteiger partial charge in [-0.2, -0.15) is 0 Å². The molecule has 0 bridgehead atoms. The number of hydrogen-bond acceptors (Lipinski definition) is 1. The van der Waals surface area contributed by atoms with Crippen LogP contribution in [0.25, 0.3) is 0 Å². The van der Waals surface area contributed by atoms with Gasteiger partial charge >= 0.3 is 7.60 Å². The van der Waals surface area contributed by atoms with E-state index in [0.29, 0.717) is 6.42 Å². The van der Waals surface area contributed by atoms with Gasteiger partial charge in [0.1, 0.15) is 0 Å². The Morgan fingerprint density at radius 2 is 0.818 bits per heavy atom. The number of hydrogen-bond donors (Lipinski definition) is 2. The fraction of sp³-hybridized carbons (Fsp3) is 1.00. The van der Waals surface area contributed by atoms with Gasteiger partial charge in [0.25, 0.3) is 0 Å². The molecular formula is C17H36BrO3P. The maximum Gasteiger partial charge on any atom is 0.325 e. The maximum atomic E-state index is 10.7. The van der Waals surface area contributed by atoms with Gasteiger partial charge < -0.3 is 9.79 Å². The highest BCUT2D eigenvalue weighted by Gasteiger charge is 2.10. The van der Waals surface area contributed by atoms with E-state index >= 15 is 0 Å². The first-order chi connectivity index (χ1) is 10.6. The highest BCUT2D eigenvalue weighted by Crippen LogP contribution is 2.35. The Hall–Kier alpha value is 0.630. The normalized spacial score (nSPS) is 12.0. The molecule has 0 radical (unpaired) electrons. The molecular weight excluding hydrogens is 363 g/mol. The van der Waals surface area contributed by atoms with Gasteiger partial charge in [-0.3, -0.25) is 4.57 Å². The summed E-state index contributed by atoms with van der Waals surface area (Å²) in [6, 6.07) is 0. The average molecular weight is 399 g/mol. The fourth-order valence-electron chi connectivity index (χ4n) is 2.71. The average Bonchev–Trinajstić information content (AvgIpc) is 2.45. The number of unbranched alkanes of at least 4 members (excludes halogenated alkanes) is 14. The van der Waals surface area contributed by atoms with Gasteiger partial charge in [-0.25, -0.2) is 0 Å². The van der Waals surface area contributed by atoms with E-state index in [1.165, 1.54) is 77.0 Å². The third kappa shape index (κ3) is 20.6. The summed E-state index contributed by atoms with van der Waals surface area (Å²) in [7, 11) is -3.76. The summed E-state index contributed by atoms with van der Waals surface area (Å²) in [6.45, 7) is 0. The highest BCUT2D eigenvalue weighted by molar-refractivity contribution is 9.09. The second-order valence-electron chi connectivity index (χ2n) is 6.38. The molecule has 0 fully saturated rings. The van der Waals surface area contributed by atoms with Crippen LogP contribution < -0.4 is 0 Å². The molecule has 0 aliphatic rings. The van der Waals surface area contributed by atoms with E-state index < -0.39 is 7.60 Å². The minimum absolute atomic E-state index is 0.0586. The van der Waals surface area contributed by atoms with Crippen molar-refractivity contribution in [3.8, 4) is 0 Å². The van der Waals surface area contributed by atoms with Gasteiger partial charge in [0.2, 0.25) is 0 Å². The highest BCUT2D eigenvalue weighted by atomic mass is 79.9. The Morgan fingerprint density at radius 3 is 1.09 bits per heavy atom. The van der Waals surface area contributed by atoms with E-state index in [1.54, 1.807) is 0 Å². The zero-order valence-corrected chi connectivity index (χ0v) is 16.6. The van der Waals surface area contributed by atoms with Crippen LogP contribution in [-0.4, -0.2) is 21.3 Å². The molecule has 0 unspecified atom stereocenters. The van der Waals surface area contributed by atoms with Crippen LogP contribution in [0.4, 0.5) is 0 Å². The zero-order valence-electron chi connectivity index (χ0n) is 14.1. The third-order valence-electron chi connectivity index (χ3n) is 4.08. The Kier molecular flexibility index (Phi) is 17.0. The summed E-state index contributed by atoms with van der Waals surface area (Å²) < 4.78 is 10.7. The lowest BCUT2D eigenvalue weighted by Crippen LogP contribution is -1.88. The number of alkyl halides is 1. The molecule has 0 aromatic heterocycles. The quantitative estimate of drug-likeness (QED) is 0.169. The first-order valence-electron chi connectivity index (χ1n) is 9.17. The molecule has 2 N–H and O–H groups in total. The van der Waals surface area contributed by atoms with E-state index in [4.69, 9.17) is 9.79 Å². The van der Waals surface area contributed by atoms with Crippen molar-refractivity contribution in [1.29, 1.82) is 0 Å². The molecule has 0 saturated carbocycles. The standard InChI is InChI=1S/C17H36BrO3P/c18-16-14-12-10-8-6-4-2-1-3-5-7-9-11-13-15-17-22(19,20)21/h1-17H2,(H2,19,20,21). The minimum atomic E-state index is -3.76. The summed E-state index contributed by atoms with van der Waals surface area (Å²) in [5.74, 6) is 0. The lowest BCUT2D eigenvalue weighted by molar-refractivity contribution is 0.370. The molecule has 0 aromatic rings. The van der Waals surface area contributed by atoms with Crippen LogP contribution in [0.5, 0.6) is 0 Å². The van der Waals surface area contributed by atoms with Crippen LogP contribution >= 0.6 is 23.5 Å². The zero-order chi connectivity index (χ0) is 16.5. The molecule has 0 amide bonds. The minimum Gasteiger partial charge on any atom is -0.324 e. The van der Waals surface area contributed by atoms with Crippen LogP contribution in [0.1, 0.15) is 96.3 Å². The molecule has 0 aliphatic carbocycles. The predicted molar refractivity (Wildman–Crippen MR) is 100.0 cm³/mol. The van der Waals surface area contributed by atoms with Crippen molar-refractivity contribution < 1.29 is 14.4 Å². The summed E-state index contributed by atoms with van der Waals surface area (Å²) in [4.78, 5) is 17.5. The van der Waals surface area contributed by atoms with Crippen molar-refractivity contribution in [2.75, 3.05) is 11.5 Å². The van der Waals surface area contributed by atoms with Crippen molar-refractivity contribution in [2.24, 2.45) is 0 Å². The molecule has 0 heterocycles. The number of rotatable bonds is 17. The fourth-order valence-corrected chi connectivity index (χ4v) is 3.74. The molecule has 5 heteroatoms. The summed E-state index contributed by atoms with van der Waals surface area (Å²) in [6.07, 6.45) is 19.0. The Morgan fingerprint density at radius 1 is 0.545 bits per heavy atom. The first kappa shape index (κ1) is 22.6. The van der Waals surface area contributed by atoms with Crippen LogP contribution in [0.3, 0.4) is 0 Å². The monoisotopic (exact) mass is 398 g/mol. The second kappa shape index (κ2) is 16.5. The SMILES string of the molecule is O=P(O)(O)CCCCCCCCCCCCCCCCCBr. The lowest BCUT2D eigenvalue weighted by atomic mass is 10.0.